The molecule has 2 aliphatic rings. The fourth-order valence-corrected chi connectivity index (χ4v) is 4.65. The van der Waals surface area contributed by atoms with E-state index in [-0.39, 0.29) is 11.9 Å². The Labute approximate surface area is 192 Å². The number of aryl methyl sites for hydroxylation is 2. The van der Waals surface area contributed by atoms with Gasteiger partial charge in [0, 0.05) is 12.0 Å². The van der Waals surface area contributed by atoms with Gasteiger partial charge in [-0.1, -0.05) is 36.8 Å². The molecule has 0 aromatic heterocycles. The number of likely N-dealkylation sites (tertiary alicyclic amines) is 1. The highest BCUT2D eigenvalue weighted by atomic mass is 16.5. The zero-order valence-corrected chi connectivity index (χ0v) is 19.8. The summed E-state index contributed by atoms with van der Waals surface area (Å²) in [5, 5.41) is 6.64. The number of amides is 1. The zero-order valence-electron chi connectivity index (χ0n) is 19.8. The molecule has 0 N–H and O–H groups in total. The lowest BCUT2D eigenvalue weighted by Gasteiger charge is -2.31. The normalized spacial score (nSPS) is 19.8. The predicted octanol–water partition coefficient (Wildman–Crippen LogP) is 5.11. The van der Waals surface area contributed by atoms with Crippen LogP contribution >= 0.6 is 0 Å². The van der Waals surface area contributed by atoms with E-state index in [2.05, 4.69) is 56.0 Å². The van der Waals surface area contributed by atoms with Gasteiger partial charge in [-0.25, -0.2) is 5.01 Å². The lowest BCUT2D eigenvalue weighted by atomic mass is 9.95. The van der Waals surface area contributed by atoms with Crippen molar-refractivity contribution in [2.75, 3.05) is 26.2 Å². The summed E-state index contributed by atoms with van der Waals surface area (Å²) in [6.07, 6.45) is 3.04. The number of hydrogen-bond acceptors (Lipinski definition) is 4. The number of carbonyl (C=O) groups excluding carboxylic acids is 1. The lowest BCUT2D eigenvalue weighted by Crippen LogP contribution is -2.41. The van der Waals surface area contributed by atoms with E-state index in [0.29, 0.717) is 13.2 Å². The molecular formula is C27H35N3O2. The van der Waals surface area contributed by atoms with E-state index in [0.717, 1.165) is 60.9 Å². The Morgan fingerprint density at radius 1 is 1.09 bits per heavy atom. The summed E-state index contributed by atoms with van der Waals surface area (Å²) < 4.78 is 5.61. The minimum absolute atomic E-state index is 0.0822. The molecule has 1 atom stereocenters. The van der Waals surface area contributed by atoms with Crippen molar-refractivity contribution < 1.29 is 9.53 Å². The lowest BCUT2D eigenvalue weighted by molar-refractivity contribution is -0.134. The number of nitrogens with zero attached hydrogens (tertiary/aromatic N) is 3. The van der Waals surface area contributed by atoms with Crippen molar-refractivity contribution >= 4 is 11.6 Å². The van der Waals surface area contributed by atoms with E-state index < -0.39 is 0 Å². The summed E-state index contributed by atoms with van der Waals surface area (Å²) in [7, 11) is 0. The van der Waals surface area contributed by atoms with Crippen LogP contribution in [0.1, 0.15) is 61.4 Å². The molecule has 32 heavy (non-hydrogen) atoms. The molecule has 2 aromatic rings. The topological polar surface area (TPSA) is 45.1 Å². The van der Waals surface area contributed by atoms with Crippen molar-refractivity contribution in [3.8, 4) is 5.75 Å². The van der Waals surface area contributed by atoms with Gasteiger partial charge in [0.05, 0.1) is 24.9 Å². The molecule has 170 valence electrons. The van der Waals surface area contributed by atoms with Gasteiger partial charge in [-0.3, -0.25) is 9.69 Å². The van der Waals surface area contributed by atoms with Crippen molar-refractivity contribution in [1.29, 1.82) is 0 Å². The van der Waals surface area contributed by atoms with Crippen molar-refractivity contribution in [3.05, 3.63) is 64.7 Å². The van der Waals surface area contributed by atoms with Gasteiger partial charge >= 0.3 is 0 Å². The number of hydrogen-bond donors (Lipinski definition) is 0. The van der Waals surface area contributed by atoms with Gasteiger partial charge in [-0.05, 0) is 81.9 Å². The zero-order chi connectivity index (χ0) is 22.7. The summed E-state index contributed by atoms with van der Waals surface area (Å²) in [4.78, 5) is 15.7. The Balaban J connectivity index is 1.60. The second-order valence-electron chi connectivity index (χ2n) is 9.28. The summed E-state index contributed by atoms with van der Waals surface area (Å²) in [6.45, 7) is 11.5. The fraction of sp³-hybridized carbons (Fsp3) is 0.481. The molecule has 0 saturated carbocycles. The van der Waals surface area contributed by atoms with Crippen LogP contribution in [0.15, 0.2) is 47.6 Å². The minimum Gasteiger partial charge on any atom is -0.494 e. The highest BCUT2D eigenvalue weighted by molar-refractivity contribution is 6.04. The Morgan fingerprint density at radius 2 is 1.81 bits per heavy atom. The van der Waals surface area contributed by atoms with Crippen molar-refractivity contribution in [2.45, 2.75) is 53.0 Å². The molecule has 0 spiro atoms. The van der Waals surface area contributed by atoms with Gasteiger partial charge in [0.15, 0.2) is 0 Å². The fourth-order valence-electron chi connectivity index (χ4n) is 4.65. The molecule has 2 aliphatic heterocycles. The van der Waals surface area contributed by atoms with Crippen LogP contribution in [0.3, 0.4) is 0 Å². The minimum atomic E-state index is -0.0863. The molecule has 2 heterocycles. The van der Waals surface area contributed by atoms with E-state index in [1.807, 2.05) is 19.1 Å². The monoisotopic (exact) mass is 433 g/mol. The first-order chi connectivity index (χ1) is 15.4. The van der Waals surface area contributed by atoms with Gasteiger partial charge in [-0.2, -0.15) is 5.10 Å². The summed E-state index contributed by atoms with van der Waals surface area (Å²) in [6, 6.07) is 14.5. The molecule has 0 radical (unpaired) electrons. The molecule has 2 aromatic carbocycles. The first kappa shape index (κ1) is 22.5. The first-order valence-electron chi connectivity index (χ1n) is 11.9. The Kier molecular flexibility index (Phi) is 6.95. The number of piperidine rings is 1. The first-order valence-corrected chi connectivity index (χ1v) is 11.9. The maximum Gasteiger partial charge on any atom is 0.257 e. The van der Waals surface area contributed by atoms with E-state index >= 15 is 0 Å². The van der Waals surface area contributed by atoms with Gasteiger partial charge < -0.3 is 4.74 Å². The molecule has 0 aliphatic carbocycles. The van der Waals surface area contributed by atoms with Crippen molar-refractivity contribution in [2.24, 2.45) is 11.0 Å². The molecule has 1 saturated heterocycles. The largest absolute Gasteiger partial charge is 0.494 e. The average Bonchev–Trinajstić information content (AvgIpc) is 3.23. The van der Waals surface area contributed by atoms with Crippen LogP contribution in [0.5, 0.6) is 5.75 Å². The number of ether oxygens (including phenoxy) is 1. The van der Waals surface area contributed by atoms with Gasteiger partial charge in [0.2, 0.25) is 0 Å². The molecule has 1 fully saturated rings. The van der Waals surface area contributed by atoms with Crippen LogP contribution in [0.2, 0.25) is 0 Å². The average molecular weight is 434 g/mol. The van der Waals surface area contributed by atoms with Crippen LogP contribution < -0.4 is 4.74 Å². The predicted molar refractivity (Wildman–Crippen MR) is 129 cm³/mol. The van der Waals surface area contributed by atoms with Crippen LogP contribution in [-0.4, -0.2) is 47.8 Å². The van der Waals surface area contributed by atoms with Crippen LogP contribution in [-0.2, 0) is 4.79 Å². The third-order valence-corrected chi connectivity index (χ3v) is 6.68. The second kappa shape index (κ2) is 9.86. The van der Waals surface area contributed by atoms with E-state index in [4.69, 9.17) is 9.84 Å². The number of hydrazone groups is 1. The SMILES string of the molecule is CCOc1ccc(C2CC(c3cc(C)ccc3C)=NN2C(=O)CN2CCC(C)CC2)cc1. The molecule has 0 bridgehead atoms. The Hall–Kier alpha value is -2.66. The maximum atomic E-state index is 13.4. The third kappa shape index (κ3) is 5.04. The van der Waals surface area contributed by atoms with Gasteiger partial charge in [0.25, 0.3) is 5.91 Å². The molecule has 5 heteroatoms. The van der Waals surface area contributed by atoms with Crippen molar-refractivity contribution in [3.63, 3.8) is 0 Å². The van der Waals surface area contributed by atoms with Gasteiger partial charge in [0.1, 0.15) is 5.75 Å². The van der Waals surface area contributed by atoms with E-state index in [1.54, 1.807) is 5.01 Å². The quantitative estimate of drug-likeness (QED) is 0.636. The third-order valence-electron chi connectivity index (χ3n) is 6.68. The summed E-state index contributed by atoms with van der Waals surface area (Å²) in [5.74, 6) is 1.68. The maximum absolute atomic E-state index is 13.4. The molecule has 4 rings (SSSR count). The highest BCUT2D eigenvalue weighted by Crippen LogP contribution is 2.34. The number of benzene rings is 2. The summed E-state index contributed by atoms with van der Waals surface area (Å²) >= 11 is 0. The Bertz CT molecular complexity index is 975. The summed E-state index contributed by atoms with van der Waals surface area (Å²) in [5.41, 5.74) is 5.63. The standard InChI is InChI=1S/C27H35N3O2/c1-5-32-23-10-8-22(9-11-23)26-17-25(24-16-20(3)6-7-21(24)4)28-30(26)27(31)18-29-14-12-19(2)13-15-29/h6-11,16,19,26H,5,12-15,17-18H2,1-4H3. The van der Waals surface area contributed by atoms with Crippen LogP contribution in [0.4, 0.5) is 0 Å². The van der Waals surface area contributed by atoms with Crippen LogP contribution in [0.25, 0.3) is 0 Å². The second-order valence-corrected chi connectivity index (χ2v) is 9.28. The van der Waals surface area contributed by atoms with Crippen LogP contribution in [0, 0.1) is 19.8 Å². The Morgan fingerprint density at radius 3 is 2.50 bits per heavy atom. The number of rotatable bonds is 6. The smallest absolute Gasteiger partial charge is 0.257 e. The highest BCUT2D eigenvalue weighted by Gasteiger charge is 2.34. The molecular weight excluding hydrogens is 398 g/mol. The molecule has 1 unspecified atom stereocenters. The molecule has 1 amide bonds. The number of carbonyl (C=O) groups is 1. The van der Waals surface area contributed by atoms with Gasteiger partial charge in [-0.15, -0.1) is 0 Å². The molecule has 5 nitrogen and oxygen atoms in total. The van der Waals surface area contributed by atoms with E-state index in [9.17, 15) is 4.79 Å². The van der Waals surface area contributed by atoms with Crippen molar-refractivity contribution in [1.82, 2.24) is 9.91 Å². The van der Waals surface area contributed by atoms with E-state index in [1.165, 1.54) is 11.1 Å².